The topological polar surface area (TPSA) is 25.2 Å². The number of nitrogens with zero attached hydrogens (tertiary/aromatic N) is 1. The summed E-state index contributed by atoms with van der Waals surface area (Å²) in [6.45, 7) is 7.57. The molecule has 1 aliphatic rings. The maximum absolute atomic E-state index is 10.2. The average Bonchev–Trinajstić information content (AvgIpc) is 3.18. The van der Waals surface area contributed by atoms with Gasteiger partial charge in [-0.2, -0.15) is 0 Å². The Morgan fingerprint density at radius 2 is 1.81 bits per heavy atom. The Bertz CT molecular complexity index is 599. The van der Waals surface area contributed by atoms with Crippen LogP contribution in [0.3, 0.4) is 0 Å². The highest BCUT2D eigenvalue weighted by Crippen LogP contribution is 2.40. The van der Waals surface area contributed by atoms with Crippen LogP contribution < -0.4 is 0 Å². The second kappa shape index (κ2) is 5.34. The van der Waals surface area contributed by atoms with Crippen LogP contribution in [-0.4, -0.2) is 9.67 Å². The van der Waals surface area contributed by atoms with Gasteiger partial charge in [0.25, 0.3) is 0 Å². The van der Waals surface area contributed by atoms with Crippen LogP contribution in [0.5, 0.6) is 0 Å². The zero-order valence-corrected chi connectivity index (χ0v) is 13.2. The summed E-state index contributed by atoms with van der Waals surface area (Å²) in [6.07, 6.45) is 6.22. The fraction of sp³-hybridized carbons (Fsp3) is 0.474. The second-order valence-electron chi connectivity index (χ2n) is 7.35. The summed E-state index contributed by atoms with van der Waals surface area (Å²) in [4.78, 5) is 0. The highest BCUT2D eigenvalue weighted by Gasteiger charge is 2.31. The van der Waals surface area contributed by atoms with E-state index in [2.05, 4.69) is 62.0 Å². The molecule has 0 saturated heterocycles. The molecule has 1 aromatic heterocycles. The van der Waals surface area contributed by atoms with E-state index in [0.717, 1.165) is 12.1 Å². The third kappa shape index (κ3) is 3.38. The minimum absolute atomic E-state index is 0.202. The monoisotopic (exact) mass is 283 g/mol. The lowest BCUT2D eigenvalue weighted by molar-refractivity contribution is 0.154. The number of aromatic nitrogens is 1. The first-order valence-corrected chi connectivity index (χ1v) is 7.86. The first kappa shape index (κ1) is 14.4. The largest absolute Gasteiger partial charge is 0.388 e. The van der Waals surface area contributed by atoms with Crippen LogP contribution in [-0.2, 0) is 12.0 Å². The van der Waals surface area contributed by atoms with Gasteiger partial charge in [0.1, 0.15) is 0 Å². The van der Waals surface area contributed by atoms with Crippen LogP contribution in [0.15, 0.2) is 42.7 Å². The van der Waals surface area contributed by atoms with E-state index >= 15 is 0 Å². The van der Waals surface area contributed by atoms with Gasteiger partial charge in [-0.25, -0.2) is 0 Å². The first-order chi connectivity index (χ1) is 9.93. The van der Waals surface area contributed by atoms with Crippen molar-refractivity contribution in [2.24, 2.45) is 5.92 Å². The van der Waals surface area contributed by atoms with E-state index in [4.69, 9.17) is 0 Å². The number of hydrogen-bond acceptors (Lipinski definition) is 1. The molecule has 0 aliphatic heterocycles. The second-order valence-corrected chi connectivity index (χ2v) is 7.35. The van der Waals surface area contributed by atoms with E-state index in [1.165, 1.54) is 24.0 Å². The molecule has 3 rings (SSSR count). The van der Waals surface area contributed by atoms with Crippen molar-refractivity contribution in [3.8, 4) is 0 Å². The summed E-state index contributed by atoms with van der Waals surface area (Å²) >= 11 is 0. The van der Waals surface area contributed by atoms with Gasteiger partial charge in [0, 0.05) is 18.9 Å². The number of benzene rings is 1. The van der Waals surface area contributed by atoms with Gasteiger partial charge in [0.15, 0.2) is 0 Å². The van der Waals surface area contributed by atoms with Crippen molar-refractivity contribution < 1.29 is 5.11 Å². The predicted molar refractivity (Wildman–Crippen MR) is 86.4 cm³/mol. The van der Waals surface area contributed by atoms with Gasteiger partial charge in [-0.05, 0) is 46.9 Å². The van der Waals surface area contributed by atoms with Crippen molar-refractivity contribution in [1.82, 2.24) is 4.57 Å². The molecule has 1 aromatic carbocycles. The molecule has 0 spiro atoms. The van der Waals surface area contributed by atoms with E-state index in [0.29, 0.717) is 5.92 Å². The molecule has 1 unspecified atom stereocenters. The van der Waals surface area contributed by atoms with Crippen LogP contribution in [0.2, 0.25) is 0 Å². The van der Waals surface area contributed by atoms with Gasteiger partial charge in [-0.1, -0.05) is 45.0 Å². The lowest BCUT2D eigenvalue weighted by atomic mass is 9.87. The van der Waals surface area contributed by atoms with Gasteiger partial charge in [-0.3, -0.25) is 0 Å². The quantitative estimate of drug-likeness (QED) is 0.890. The van der Waals surface area contributed by atoms with E-state index < -0.39 is 0 Å². The van der Waals surface area contributed by atoms with Crippen LogP contribution in [0.25, 0.3) is 0 Å². The molecule has 1 heterocycles. The molecular formula is C19H25NO. The van der Waals surface area contributed by atoms with Crippen molar-refractivity contribution in [3.63, 3.8) is 0 Å². The third-order valence-electron chi connectivity index (χ3n) is 4.37. The molecule has 1 N–H and O–H groups in total. The normalized spacial score (nSPS) is 17.0. The first-order valence-electron chi connectivity index (χ1n) is 7.86. The fourth-order valence-electron chi connectivity index (χ4n) is 2.74. The van der Waals surface area contributed by atoms with E-state index in [-0.39, 0.29) is 11.5 Å². The summed E-state index contributed by atoms with van der Waals surface area (Å²) in [5.74, 6) is 0.493. The Morgan fingerprint density at radius 3 is 2.38 bits per heavy atom. The Hall–Kier alpha value is -1.54. The molecule has 21 heavy (non-hydrogen) atoms. The lowest BCUT2D eigenvalue weighted by Gasteiger charge is -2.19. The van der Waals surface area contributed by atoms with Crippen LogP contribution in [0.1, 0.15) is 56.4 Å². The standard InChI is InChI=1S/C19H25NO/c1-19(2,3)17-8-4-14(5-9-17)12-20-11-10-16(13-20)18(21)15-6-7-15/h4-5,8-11,13,15,18,21H,6-7,12H2,1-3H3. The number of rotatable bonds is 4. The number of aliphatic hydroxyl groups is 1. The number of hydrogen-bond donors (Lipinski definition) is 1. The fourth-order valence-corrected chi connectivity index (χ4v) is 2.74. The predicted octanol–water partition coefficient (Wildman–Crippen LogP) is 4.28. The van der Waals surface area contributed by atoms with Crippen molar-refractivity contribution in [2.45, 2.75) is 51.7 Å². The maximum atomic E-state index is 10.2. The summed E-state index contributed by atoms with van der Waals surface area (Å²) in [5, 5.41) is 10.2. The maximum Gasteiger partial charge on any atom is 0.0832 e. The Labute approximate surface area is 127 Å². The van der Waals surface area contributed by atoms with Crippen molar-refractivity contribution in [3.05, 3.63) is 59.4 Å². The highest BCUT2D eigenvalue weighted by atomic mass is 16.3. The van der Waals surface area contributed by atoms with Gasteiger partial charge in [0.05, 0.1) is 6.10 Å². The zero-order valence-electron chi connectivity index (χ0n) is 13.2. The third-order valence-corrected chi connectivity index (χ3v) is 4.37. The molecule has 112 valence electrons. The summed E-state index contributed by atoms with van der Waals surface area (Å²) in [5.41, 5.74) is 3.92. The SMILES string of the molecule is CC(C)(C)c1ccc(Cn2ccc(C(O)C3CC3)c2)cc1. The molecule has 0 bridgehead atoms. The van der Waals surface area contributed by atoms with Crippen molar-refractivity contribution in [1.29, 1.82) is 0 Å². The lowest BCUT2D eigenvalue weighted by Crippen LogP contribution is -2.10. The minimum Gasteiger partial charge on any atom is -0.388 e. The van der Waals surface area contributed by atoms with Gasteiger partial charge >= 0.3 is 0 Å². The smallest absolute Gasteiger partial charge is 0.0832 e. The molecule has 1 aliphatic carbocycles. The molecule has 1 saturated carbocycles. The molecule has 2 heteroatoms. The zero-order chi connectivity index (χ0) is 15.0. The van der Waals surface area contributed by atoms with E-state index in [9.17, 15) is 5.11 Å². The van der Waals surface area contributed by atoms with Crippen LogP contribution >= 0.6 is 0 Å². The molecule has 0 amide bonds. The average molecular weight is 283 g/mol. The Kier molecular flexibility index (Phi) is 3.66. The summed E-state index contributed by atoms with van der Waals surface area (Å²) in [7, 11) is 0. The molecule has 2 nitrogen and oxygen atoms in total. The highest BCUT2D eigenvalue weighted by molar-refractivity contribution is 5.28. The Balaban J connectivity index is 1.69. The van der Waals surface area contributed by atoms with E-state index in [1.807, 2.05) is 6.07 Å². The van der Waals surface area contributed by atoms with Crippen LogP contribution in [0.4, 0.5) is 0 Å². The van der Waals surface area contributed by atoms with Crippen molar-refractivity contribution in [2.75, 3.05) is 0 Å². The molecule has 2 aromatic rings. The van der Waals surface area contributed by atoms with Gasteiger partial charge in [0.2, 0.25) is 0 Å². The number of aliphatic hydroxyl groups excluding tert-OH is 1. The molecule has 1 atom stereocenters. The van der Waals surface area contributed by atoms with Gasteiger partial charge < -0.3 is 9.67 Å². The summed E-state index contributed by atoms with van der Waals surface area (Å²) in [6, 6.07) is 10.9. The van der Waals surface area contributed by atoms with E-state index in [1.54, 1.807) is 0 Å². The molecule has 0 radical (unpaired) electrons. The van der Waals surface area contributed by atoms with Gasteiger partial charge in [-0.15, -0.1) is 0 Å². The van der Waals surface area contributed by atoms with Crippen LogP contribution in [0, 0.1) is 5.92 Å². The molecular weight excluding hydrogens is 258 g/mol. The Morgan fingerprint density at radius 1 is 1.14 bits per heavy atom. The summed E-state index contributed by atoms with van der Waals surface area (Å²) < 4.78 is 2.16. The molecule has 1 fully saturated rings. The minimum atomic E-state index is -0.269. The van der Waals surface area contributed by atoms with Crippen molar-refractivity contribution >= 4 is 0 Å².